The highest BCUT2D eigenvalue weighted by atomic mass is 16.5. The van der Waals surface area contributed by atoms with Crippen LogP contribution in [0.1, 0.15) is 18.4 Å². The van der Waals surface area contributed by atoms with Crippen molar-refractivity contribution in [2.75, 3.05) is 7.11 Å². The van der Waals surface area contributed by atoms with Gasteiger partial charge in [-0.1, -0.05) is 12.1 Å². The van der Waals surface area contributed by atoms with Crippen molar-refractivity contribution in [1.82, 2.24) is 5.32 Å². The summed E-state index contributed by atoms with van der Waals surface area (Å²) in [5.41, 5.74) is 0.851. The SMILES string of the molecule is COc1ccc(C[C@@H](NC(=O)C2CC2)C(=O)O)cc1. The third-order valence-electron chi connectivity index (χ3n) is 3.16. The number of rotatable bonds is 6. The molecule has 1 amide bonds. The molecule has 1 atom stereocenters. The average Bonchev–Trinajstić information content (AvgIpc) is 3.23. The summed E-state index contributed by atoms with van der Waals surface area (Å²) in [5.74, 6) is -0.430. The van der Waals surface area contributed by atoms with Gasteiger partial charge in [0.25, 0.3) is 0 Å². The highest BCUT2D eigenvalue weighted by Crippen LogP contribution is 2.29. The molecule has 5 heteroatoms. The van der Waals surface area contributed by atoms with Crippen molar-refractivity contribution in [1.29, 1.82) is 0 Å². The molecule has 0 heterocycles. The van der Waals surface area contributed by atoms with E-state index in [2.05, 4.69) is 5.32 Å². The Morgan fingerprint density at radius 3 is 2.47 bits per heavy atom. The average molecular weight is 263 g/mol. The molecule has 0 unspecified atom stereocenters. The highest BCUT2D eigenvalue weighted by molar-refractivity contribution is 5.86. The van der Waals surface area contributed by atoms with Gasteiger partial charge in [-0.2, -0.15) is 0 Å². The number of nitrogens with one attached hydrogen (secondary N) is 1. The standard InChI is InChI=1S/C14H17NO4/c1-19-11-6-2-9(3-7-11)8-12(14(17)18)15-13(16)10-4-5-10/h2-3,6-7,10,12H,4-5,8H2,1H3,(H,15,16)(H,17,18)/t12-/m1/s1. The van der Waals surface area contributed by atoms with Crippen LogP contribution in [0, 0.1) is 5.92 Å². The molecule has 0 spiro atoms. The van der Waals surface area contributed by atoms with Crippen LogP contribution in [0.3, 0.4) is 0 Å². The number of carbonyl (C=O) groups excluding carboxylic acids is 1. The van der Waals surface area contributed by atoms with Crippen LogP contribution >= 0.6 is 0 Å². The molecule has 1 fully saturated rings. The van der Waals surface area contributed by atoms with Crippen LogP contribution in [0.15, 0.2) is 24.3 Å². The molecule has 0 bridgehead atoms. The van der Waals surface area contributed by atoms with E-state index in [9.17, 15) is 9.59 Å². The molecule has 19 heavy (non-hydrogen) atoms. The van der Waals surface area contributed by atoms with Crippen LogP contribution in [-0.4, -0.2) is 30.1 Å². The Labute approximate surface area is 111 Å². The third-order valence-corrected chi connectivity index (χ3v) is 3.16. The summed E-state index contributed by atoms with van der Waals surface area (Å²) in [6, 6.07) is 6.28. The van der Waals surface area contributed by atoms with Crippen molar-refractivity contribution in [2.24, 2.45) is 5.92 Å². The van der Waals surface area contributed by atoms with Gasteiger partial charge in [-0.25, -0.2) is 4.79 Å². The predicted octanol–water partition coefficient (Wildman–Crippen LogP) is 1.22. The highest BCUT2D eigenvalue weighted by Gasteiger charge is 2.32. The fourth-order valence-corrected chi connectivity index (χ4v) is 1.83. The van der Waals surface area contributed by atoms with Gasteiger partial charge in [-0.05, 0) is 30.5 Å². The number of ether oxygens (including phenoxy) is 1. The maximum atomic E-state index is 11.6. The zero-order valence-electron chi connectivity index (χ0n) is 10.8. The molecule has 0 radical (unpaired) electrons. The van der Waals surface area contributed by atoms with E-state index < -0.39 is 12.0 Å². The van der Waals surface area contributed by atoms with E-state index in [0.717, 1.165) is 24.2 Å². The van der Waals surface area contributed by atoms with Gasteiger partial charge in [0.15, 0.2) is 0 Å². The molecule has 0 saturated heterocycles. The second-order valence-electron chi connectivity index (χ2n) is 4.73. The topological polar surface area (TPSA) is 75.6 Å². The number of methoxy groups -OCH3 is 1. The summed E-state index contributed by atoms with van der Waals surface area (Å²) in [5, 5.41) is 11.7. The van der Waals surface area contributed by atoms with Crippen LogP contribution in [0.2, 0.25) is 0 Å². The molecule has 2 rings (SSSR count). The second kappa shape index (κ2) is 5.73. The van der Waals surface area contributed by atoms with Gasteiger partial charge >= 0.3 is 5.97 Å². The van der Waals surface area contributed by atoms with Crippen LogP contribution in [0.4, 0.5) is 0 Å². The number of hydrogen-bond acceptors (Lipinski definition) is 3. The first-order valence-electron chi connectivity index (χ1n) is 6.26. The summed E-state index contributed by atoms with van der Waals surface area (Å²) >= 11 is 0. The first-order valence-corrected chi connectivity index (χ1v) is 6.26. The van der Waals surface area contributed by atoms with Gasteiger partial charge in [0, 0.05) is 12.3 Å². The maximum absolute atomic E-state index is 11.6. The van der Waals surface area contributed by atoms with Gasteiger partial charge in [-0.15, -0.1) is 0 Å². The minimum atomic E-state index is -1.01. The Balaban J connectivity index is 1.98. The number of benzene rings is 1. The van der Waals surface area contributed by atoms with Crippen LogP contribution < -0.4 is 10.1 Å². The maximum Gasteiger partial charge on any atom is 0.326 e. The lowest BCUT2D eigenvalue weighted by Crippen LogP contribution is -2.43. The van der Waals surface area contributed by atoms with E-state index in [1.165, 1.54) is 0 Å². The van der Waals surface area contributed by atoms with Crippen molar-refractivity contribution >= 4 is 11.9 Å². The summed E-state index contributed by atoms with van der Waals surface area (Å²) in [6.45, 7) is 0. The lowest BCUT2D eigenvalue weighted by atomic mass is 10.1. The Bertz CT molecular complexity index is 465. The first kappa shape index (κ1) is 13.4. The smallest absolute Gasteiger partial charge is 0.326 e. The van der Waals surface area contributed by atoms with Crippen molar-refractivity contribution in [2.45, 2.75) is 25.3 Å². The number of carboxylic acid groups (broad SMARTS) is 1. The molecule has 0 aliphatic heterocycles. The number of hydrogen-bond donors (Lipinski definition) is 2. The van der Waals surface area contributed by atoms with E-state index in [1.807, 2.05) is 0 Å². The van der Waals surface area contributed by atoms with Crippen LogP contribution in [-0.2, 0) is 16.0 Å². The third kappa shape index (κ3) is 3.71. The van der Waals surface area contributed by atoms with Crippen molar-refractivity contribution in [3.63, 3.8) is 0 Å². The van der Waals surface area contributed by atoms with Crippen molar-refractivity contribution < 1.29 is 19.4 Å². The predicted molar refractivity (Wildman–Crippen MR) is 69.0 cm³/mol. The molecule has 1 aliphatic carbocycles. The molecule has 1 saturated carbocycles. The summed E-state index contributed by atoms with van der Waals surface area (Å²) in [6.07, 6.45) is 2.00. The van der Waals surface area contributed by atoms with E-state index >= 15 is 0 Å². The molecule has 2 N–H and O–H groups in total. The van der Waals surface area contributed by atoms with E-state index in [-0.39, 0.29) is 18.2 Å². The summed E-state index contributed by atoms with van der Waals surface area (Å²) in [7, 11) is 1.57. The van der Waals surface area contributed by atoms with Gasteiger partial charge in [0.2, 0.25) is 5.91 Å². The lowest BCUT2D eigenvalue weighted by Gasteiger charge is -2.14. The van der Waals surface area contributed by atoms with E-state index in [4.69, 9.17) is 9.84 Å². The number of carboxylic acids is 1. The van der Waals surface area contributed by atoms with Crippen molar-refractivity contribution in [3.05, 3.63) is 29.8 Å². The number of amides is 1. The second-order valence-corrected chi connectivity index (χ2v) is 4.73. The Morgan fingerprint density at radius 2 is 2.00 bits per heavy atom. The quantitative estimate of drug-likeness (QED) is 0.809. The molecule has 1 aromatic rings. The summed E-state index contributed by atoms with van der Waals surface area (Å²) < 4.78 is 5.04. The molecular weight excluding hydrogens is 246 g/mol. The van der Waals surface area contributed by atoms with Crippen LogP contribution in [0.25, 0.3) is 0 Å². The minimum Gasteiger partial charge on any atom is -0.497 e. The van der Waals surface area contributed by atoms with E-state index in [1.54, 1.807) is 31.4 Å². The normalized spacial score (nSPS) is 15.6. The van der Waals surface area contributed by atoms with Gasteiger partial charge in [-0.3, -0.25) is 4.79 Å². The number of carbonyl (C=O) groups is 2. The Hall–Kier alpha value is -2.04. The van der Waals surface area contributed by atoms with Crippen molar-refractivity contribution in [3.8, 4) is 5.75 Å². The van der Waals surface area contributed by atoms with Gasteiger partial charge in [0.1, 0.15) is 11.8 Å². The largest absolute Gasteiger partial charge is 0.497 e. The summed E-state index contributed by atoms with van der Waals surface area (Å²) in [4.78, 5) is 22.8. The zero-order chi connectivity index (χ0) is 13.8. The fourth-order valence-electron chi connectivity index (χ4n) is 1.83. The van der Waals surface area contributed by atoms with E-state index in [0.29, 0.717) is 0 Å². The van der Waals surface area contributed by atoms with Crippen LogP contribution in [0.5, 0.6) is 5.75 Å². The molecule has 1 aliphatic rings. The fraction of sp³-hybridized carbons (Fsp3) is 0.429. The molecule has 0 aromatic heterocycles. The van der Waals surface area contributed by atoms with Gasteiger partial charge < -0.3 is 15.2 Å². The first-order chi connectivity index (χ1) is 9.10. The lowest BCUT2D eigenvalue weighted by molar-refractivity contribution is -0.142. The Morgan fingerprint density at radius 1 is 1.37 bits per heavy atom. The minimum absolute atomic E-state index is 0.0118. The monoisotopic (exact) mass is 263 g/mol. The molecule has 102 valence electrons. The Kier molecular flexibility index (Phi) is 4.04. The number of aliphatic carboxylic acids is 1. The van der Waals surface area contributed by atoms with Gasteiger partial charge in [0.05, 0.1) is 7.11 Å². The molecular formula is C14H17NO4. The zero-order valence-corrected chi connectivity index (χ0v) is 10.8. The molecule has 1 aromatic carbocycles. The molecule has 5 nitrogen and oxygen atoms in total.